The van der Waals surface area contributed by atoms with Crippen molar-refractivity contribution in [3.05, 3.63) is 58.7 Å². The van der Waals surface area contributed by atoms with Crippen LogP contribution in [0.4, 0.5) is 0 Å². The first-order valence-electron chi connectivity index (χ1n) is 25.2. The summed E-state index contributed by atoms with van der Waals surface area (Å²) < 4.78 is -0.169. The third-order valence-corrected chi connectivity index (χ3v) is 43.1. The molecule has 1 aliphatic rings. The van der Waals surface area contributed by atoms with Crippen molar-refractivity contribution in [3.63, 3.8) is 0 Å². The summed E-state index contributed by atoms with van der Waals surface area (Å²) in [5.74, 6) is 0. The predicted octanol–water partition coefficient (Wildman–Crippen LogP) is 1.01. The molecule has 0 amide bonds. The molecule has 3 aromatic rings. The van der Waals surface area contributed by atoms with Gasteiger partial charge in [0.25, 0.3) is 0 Å². The smallest absolute Gasteiger partial charge is 1.00 e. The van der Waals surface area contributed by atoms with Gasteiger partial charge in [-0.2, -0.15) is 0 Å². The molecular formula is C54H99Cl3Si10Ti. The van der Waals surface area contributed by atoms with Crippen LogP contribution in [0.25, 0.3) is 0 Å². The number of benzene rings is 3. The normalized spacial score (nSPS) is 15.9. The van der Waals surface area contributed by atoms with Crippen molar-refractivity contribution >= 4 is 143 Å². The first kappa shape index (κ1) is 66.9. The van der Waals surface area contributed by atoms with Crippen LogP contribution in [0.15, 0.2) is 58.7 Å². The van der Waals surface area contributed by atoms with Crippen molar-refractivity contribution in [2.24, 2.45) is 0 Å². The maximum absolute atomic E-state index is 3.17. The van der Waals surface area contributed by atoms with E-state index < -0.39 is 80.7 Å². The zero-order valence-electron chi connectivity index (χ0n) is 49.6. The summed E-state index contributed by atoms with van der Waals surface area (Å²) >= 11 is 2.81. The van der Waals surface area contributed by atoms with Gasteiger partial charge < -0.3 is 37.2 Å². The Morgan fingerprint density at radius 3 is 0.544 bits per heavy atom. The van der Waals surface area contributed by atoms with Crippen LogP contribution in [-0.4, -0.2) is 80.7 Å². The van der Waals surface area contributed by atoms with Crippen LogP contribution in [0.3, 0.4) is 0 Å². The molecule has 0 N–H and O–H groups in total. The second kappa shape index (κ2) is 20.8. The van der Waals surface area contributed by atoms with Gasteiger partial charge in [0.05, 0.1) is 0 Å². The van der Waals surface area contributed by atoms with Crippen LogP contribution in [0.1, 0.15) is 27.7 Å². The van der Waals surface area contributed by atoms with Crippen LogP contribution in [0, 0.1) is 0 Å². The van der Waals surface area contributed by atoms with Gasteiger partial charge in [0.15, 0.2) is 0 Å². The van der Waals surface area contributed by atoms with Gasteiger partial charge in [-0.3, -0.25) is 0 Å². The van der Waals surface area contributed by atoms with E-state index in [0.717, 1.165) is 0 Å². The number of hydrogen-bond donors (Lipinski definition) is 0. The Bertz CT molecular complexity index is 2090. The quantitative estimate of drug-likeness (QED) is 0.178. The first-order chi connectivity index (χ1) is 28.5. The Morgan fingerprint density at radius 1 is 0.279 bits per heavy atom. The van der Waals surface area contributed by atoms with E-state index in [2.05, 4.69) is 261 Å². The largest absolute Gasteiger partial charge is 1.00 e. The molecule has 3 aromatic carbocycles. The Kier molecular flexibility index (Phi) is 20.5. The minimum Gasteiger partial charge on any atom is -1.00 e. The summed E-state index contributed by atoms with van der Waals surface area (Å²) in [5.41, 5.74) is 6.35. The molecule has 0 radical (unpaired) electrons. The zero-order chi connectivity index (χ0) is 51.0. The summed E-state index contributed by atoms with van der Waals surface area (Å²) in [6.45, 7) is 82.4. The molecule has 4 rings (SSSR count). The fourth-order valence-electron chi connectivity index (χ4n) is 11.7. The Labute approximate surface area is 462 Å². The van der Waals surface area contributed by atoms with Crippen LogP contribution in [-0.2, 0) is 20.4 Å². The SMILES string of the molecule is CC1=C(C)[C]([Ti+3])([Si](c2cc([Si](C)(C)C)c([Si](C)(C)C)c([Si](C)(C)C)c2)(c2cc([Si](C)(C)C)c([Si](C)(C)C)c([Si](C)(C)C)c2)c2cc([Si](C)(C)C)c([Si](C)(C)C)c([Si](C)(C)C)c2)C(C)=C1C.[Cl-].[Cl-].[Cl-]. The summed E-state index contributed by atoms with van der Waals surface area (Å²) in [7, 11) is -19.7. The molecule has 0 spiro atoms. The van der Waals surface area contributed by atoms with E-state index in [9.17, 15) is 0 Å². The number of rotatable bonds is 13. The predicted molar refractivity (Wildman–Crippen MR) is 330 cm³/mol. The van der Waals surface area contributed by atoms with Crippen LogP contribution >= 0.6 is 0 Å². The topological polar surface area (TPSA) is 0 Å². The van der Waals surface area contributed by atoms with Gasteiger partial charge in [0, 0.05) is 0 Å². The average molecular weight is 1180 g/mol. The number of hydrogen-bond acceptors (Lipinski definition) is 0. The minimum absolute atomic E-state index is 0. The molecular weight excluding hydrogens is 1080 g/mol. The van der Waals surface area contributed by atoms with Gasteiger partial charge >= 0.3 is 430 Å². The van der Waals surface area contributed by atoms with Crippen LogP contribution in [0.2, 0.25) is 180 Å². The maximum Gasteiger partial charge on any atom is -1.00 e. The van der Waals surface area contributed by atoms with Crippen molar-refractivity contribution in [2.45, 2.75) is 208 Å². The van der Waals surface area contributed by atoms with E-state index >= 15 is 0 Å². The summed E-state index contributed by atoms with van der Waals surface area (Å²) in [6, 6.07) is 17.9. The molecule has 0 fully saturated rings. The third-order valence-electron chi connectivity index (χ3n) is 15.2. The van der Waals surface area contributed by atoms with E-state index in [1.165, 1.54) is 0 Å². The fraction of sp³-hybridized carbons (Fsp3) is 0.593. The van der Waals surface area contributed by atoms with Gasteiger partial charge in [-0.15, -0.1) is 0 Å². The molecule has 0 bridgehead atoms. The third kappa shape index (κ3) is 12.3. The summed E-state index contributed by atoms with van der Waals surface area (Å²) in [5, 5.41) is 21.4. The molecule has 0 nitrogen and oxygen atoms in total. The Morgan fingerprint density at radius 2 is 0.426 bits per heavy atom. The van der Waals surface area contributed by atoms with Crippen molar-refractivity contribution in [3.8, 4) is 0 Å². The molecule has 14 heteroatoms. The number of halogens is 3. The van der Waals surface area contributed by atoms with E-state index in [4.69, 9.17) is 0 Å². The molecule has 0 aliphatic heterocycles. The van der Waals surface area contributed by atoms with Gasteiger partial charge in [-0.1, -0.05) is 0 Å². The van der Waals surface area contributed by atoms with Crippen molar-refractivity contribution < 1.29 is 57.7 Å². The Balaban J connectivity index is 0.00000771. The van der Waals surface area contributed by atoms with Gasteiger partial charge in [-0.05, 0) is 0 Å². The van der Waals surface area contributed by atoms with Crippen LogP contribution < -0.4 is 99.5 Å². The van der Waals surface area contributed by atoms with Gasteiger partial charge in [0.2, 0.25) is 0 Å². The second-order valence-corrected chi connectivity index (χ2v) is 81.3. The minimum atomic E-state index is -3.17. The molecule has 0 heterocycles. The first-order valence-corrected chi connectivity index (χ1v) is 59.5. The molecule has 380 valence electrons. The standard InChI is InChI=1S/C54H99Si10.3ClH.Ti/c1-38-39(2)41(4)51(40(38)3)64(42-32-45(55(5,6)7)52(61(23,24)25)46(33-42)56(8,9)10,43-34-47(57(11,12)13)53(62(26,27)28)48(35-43)58(14,15)16)44-36-49(59(17,18)19)54(63(29,30)31)50(37-44)60(20,21)22;;;;/h32-37H,1-31H3;3*1H;/q;;;;+3/p-3. The average Bonchev–Trinajstić information content (AvgIpc) is 3.22. The van der Waals surface area contributed by atoms with Crippen molar-refractivity contribution in [1.29, 1.82) is 0 Å². The van der Waals surface area contributed by atoms with E-state index in [1.807, 2.05) is 15.6 Å². The molecule has 0 saturated carbocycles. The molecule has 0 unspecified atom stereocenters. The summed E-state index contributed by atoms with van der Waals surface area (Å²) in [6.07, 6.45) is 0. The van der Waals surface area contributed by atoms with Crippen molar-refractivity contribution in [1.82, 2.24) is 0 Å². The molecule has 1 aliphatic carbocycles. The number of allylic oxidation sites excluding steroid dienone is 4. The maximum atomic E-state index is 2.98. The van der Waals surface area contributed by atoms with E-state index in [0.29, 0.717) is 0 Å². The van der Waals surface area contributed by atoms with E-state index in [-0.39, 0.29) is 40.6 Å². The Hall–Kier alpha value is 0.893. The fourth-order valence-corrected chi connectivity index (χ4v) is 49.1. The van der Waals surface area contributed by atoms with Crippen molar-refractivity contribution in [2.75, 3.05) is 0 Å². The van der Waals surface area contributed by atoms with Gasteiger partial charge in [0.1, 0.15) is 0 Å². The second-order valence-electron chi connectivity index (χ2n) is 30.1. The summed E-state index contributed by atoms with van der Waals surface area (Å²) in [4.78, 5) is 0. The van der Waals surface area contributed by atoms with E-state index in [1.54, 1.807) is 69.0 Å². The monoisotopic (exact) mass is 1180 g/mol. The molecule has 0 saturated heterocycles. The molecule has 68 heavy (non-hydrogen) atoms. The zero-order valence-corrected chi connectivity index (χ0v) is 63.4. The molecule has 0 aromatic heterocycles. The van der Waals surface area contributed by atoms with Crippen LogP contribution in [0.5, 0.6) is 0 Å². The molecule has 0 atom stereocenters. The van der Waals surface area contributed by atoms with Gasteiger partial charge in [-0.25, -0.2) is 0 Å².